The van der Waals surface area contributed by atoms with E-state index in [1.54, 1.807) is 6.20 Å². The maximum atomic E-state index is 12.3. The zero-order valence-electron chi connectivity index (χ0n) is 18.9. The number of carboxylic acid groups (broad SMARTS) is 1. The lowest BCUT2D eigenvalue weighted by Crippen LogP contribution is -2.47. The Balaban J connectivity index is 1.08. The summed E-state index contributed by atoms with van der Waals surface area (Å²) in [4.78, 5) is 35.3. The number of nitrogens with one attached hydrogen (secondary N) is 2. The predicted octanol–water partition coefficient (Wildman–Crippen LogP) is 2.30. The number of aromatic nitrogens is 3. The quantitative estimate of drug-likeness (QED) is 0.455. The number of amides is 2. The second kappa shape index (κ2) is 9.57. The Morgan fingerprint density at radius 2 is 1.69 bits per heavy atom. The Kier molecular flexibility index (Phi) is 6.17. The lowest BCUT2D eigenvalue weighted by molar-refractivity contribution is -0.146. The van der Waals surface area contributed by atoms with Crippen molar-refractivity contribution in [1.82, 2.24) is 25.6 Å². The molecular formula is C25H25N5O5. The number of benzene rings is 2. The van der Waals surface area contributed by atoms with Crippen LogP contribution >= 0.6 is 0 Å². The second-order valence-electron chi connectivity index (χ2n) is 8.86. The van der Waals surface area contributed by atoms with Gasteiger partial charge >= 0.3 is 12.1 Å². The van der Waals surface area contributed by atoms with Crippen molar-refractivity contribution in [3.05, 3.63) is 71.5 Å². The standard InChI is InChI=1S/C25H25N5O5/c31-23(27-16-9-15(10-16)24(32)33)13-30-12-17(28-29-30)11-26-25(34)35-14-22-20-7-3-1-5-18(20)19-6-2-4-8-21(19)22/h1-8,12,15-16,22H,9-11,13-14H2,(H,26,34)(H,27,31)(H,32,33). The van der Waals surface area contributed by atoms with Crippen molar-refractivity contribution < 1.29 is 24.2 Å². The molecule has 2 aliphatic carbocycles. The molecule has 180 valence electrons. The summed E-state index contributed by atoms with van der Waals surface area (Å²) in [5.41, 5.74) is 5.10. The van der Waals surface area contributed by atoms with Crippen molar-refractivity contribution in [3.63, 3.8) is 0 Å². The van der Waals surface area contributed by atoms with E-state index in [9.17, 15) is 14.4 Å². The van der Waals surface area contributed by atoms with Crippen LogP contribution in [0.5, 0.6) is 0 Å². The number of rotatable bonds is 8. The topological polar surface area (TPSA) is 135 Å². The molecule has 3 aromatic rings. The summed E-state index contributed by atoms with van der Waals surface area (Å²) in [6.45, 7) is 0.296. The van der Waals surface area contributed by atoms with Crippen LogP contribution in [0.25, 0.3) is 11.1 Å². The minimum atomic E-state index is -0.833. The number of carbonyl (C=O) groups excluding carboxylic acids is 2. The van der Waals surface area contributed by atoms with Crippen LogP contribution in [0.3, 0.4) is 0 Å². The van der Waals surface area contributed by atoms with Gasteiger partial charge in [-0.05, 0) is 35.1 Å². The number of aliphatic carboxylic acids is 1. The zero-order chi connectivity index (χ0) is 24.4. The number of alkyl carbamates (subject to hydrolysis) is 1. The van der Waals surface area contributed by atoms with E-state index in [2.05, 4.69) is 45.2 Å². The van der Waals surface area contributed by atoms with Gasteiger partial charge in [0.25, 0.3) is 0 Å². The molecule has 5 rings (SSSR count). The number of hydrogen-bond acceptors (Lipinski definition) is 6. The first kappa shape index (κ1) is 22.6. The van der Waals surface area contributed by atoms with Crippen molar-refractivity contribution in [2.24, 2.45) is 5.92 Å². The molecule has 2 aliphatic rings. The summed E-state index contributed by atoms with van der Waals surface area (Å²) in [6, 6.07) is 16.1. The molecule has 0 radical (unpaired) electrons. The molecule has 0 aliphatic heterocycles. The molecule has 1 aromatic heterocycles. The zero-order valence-corrected chi connectivity index (χ0v) is 18.9. The number of nitrogens with zero attached hydrogens (tertiary/aromatic N) is 3. The van der Waals surface area contributed by atoms with Gasteiger partial charge in [-0.15, -0.1) is 5.10 Å². The normalized spacial score (nSPS) is 18.2. The van der Waals surface area contributed by atoms with Gasteiger partial charge in [-0.2, -0.15) is 0 Å². The Bertz CT molecular complexity index is 1220. The van der Waals surface area contributed by atoms with Crippen LogP contribution in [0.1, 0.15) is 35.6 Å². The van der Waals surface area contributed by atoms with E-state index in [1.165, 1.54) is 4.68 Å². The molecule has 2 amide bonds. The summed E-state index contributed by atoms with van der Waals surface area (Å²) in [5.74, 6) is -1.50. The van der Waals surface area contributed by atoms with Crippen LogP contribution in [0.15, 0.2) is 54.7 Å². The summed E-state index contributed by atoms with van der Waals surface area (Å²) < 4.78 is 6.88. The number of carbonyl (C=O) groups is 3. The van der Waals surface area contributed by atoms with Crippen molar-refractivity contribution in [1.29, 1.82) is 0 Å². The fourth-order valence-corrected chi connectivity index (χ4v) is 4.67. The van der Waals surface area contributed by atoms with E-state index >= 15 is 0 Å². The molecule has 0 bridgehead atoms. The predicted molar refractivity (Wildman–Crippen MR) is 124 cm³/mol. The summed E-state index contributed by atoms with van der Waals surface area (Å²) in [6.07, 6.45) is 1.89. The molecule has 1 fully saturated rings. The number of carboxylic acids is 1. The van der Waals surface area contributed by atoms with E-state index in [0.717, 1.165) is 22.3 Å². The van der Waals surface area contributed by atoms with Gasteiger partial charge in [0.2, 0.25) is 5.91 Å². The Morgan fingerprint density at radius 3 is 2.34 bits per heavy atom. The van der Waals surface area contributed by atoms with Gasteiger partial charge in [0.05, 0.1) is 18.7 Å². The Labute approximate surface area is 201 Å². The molecule has 10 heteroatoms. The van der Waals surface area contributed by atoms with Gasteiger partial charge in [-0.1, -0.05) is 53.7 Å². The van der Waals surface area contributed by atoms with Crippen LogP contribution in [0.2, 0.25) is 0 Å². The first-order chi connectivity index (χ1) is 17.0. The van der Waals surface area contributed by atoms with E-state index in [0.29, 0.717) is 18.5 Å². The molecular weight excluding hydrogens is 450 g/mol. The van der Waals surface area contributed by atoms with Crippen molar-refractivity contribution >= 4 is 18.0 Å². The van der Waals surface area contributed by atoms with Gasteiger partial charge < -0.3 is 20.5 Å². The van der Waals surface area contributed by atoms with Gasteiger partial charge in [0.1, 0.15) is 18.8 Å². The minimum absolute atomic E-state index is 0.0195. The second-order valence-corrected chi connectivity index (χ2v) is 8.86. The average molecular weight is 476 g/mol. The molecule has 0 unspecified atom stereocenters. The SMILES string of the molecule is O=C(Cn1cc(CNC(=O)OCC2c3ccccc3-c3ccccc32)nn1)NC1CC(C(=O)O)C1. The maximum Gasteiger partial charge on any atom is 0.407 e. The fourth-order valence-electron chi connectivity index (χ4n) is 4.67. The van der Waals surface area contributed by atoms with Crippen LogP contribution in [-0.2, 0) is 27.4 Å². The summed E-state index contributed by atoms with van der Waals surface area (Å²) in [5, 5.41) is 22.2. The summed E-state index contributed by atoms with van der Waals surface area (Å²) >= 11 is 0. The smallest absolute Gasteiger partial charge is 0.407 e. The van der Waals surface area contributed by atoms with E-state index in [1.807, 2.05) is 24.3 Å². The first-order valence-electron chi connectivity index (χ1n) is 11.5. The Morgan fingerprint density at radius 1 is 1.03 bits per heavy atom. The van der Waals surface area contributed by atoms with E-state index in [-0.39, 0.29) is 43.5 Å². The number of hydrogen-bond donors (Lipinski definition) is 3. The van der Waals surface area contributed by atoms with E-state index < -0.39 is 12.1 Å². The molecule has 35 heavy (non-hydrogen) atoms. The number of fused-ring (bicyclic) bond motifs is 3. The van der Waals surface area contributed by atoms with Gasteiger partial charge in [-0.25, -0.2) is 9.48 Å². The highest BCUT2D eigenvalue weighted by molar-refractivity contribution is 5.79. The molecule has 0 saturated heterocycles. The van der Waals surface area contributed by atoms with E-state index in [4.69, 9.17) is 9.84 Å². The van der Waals surface area contributed by atoms with Crippen molar-refractivity contribution in [2.45, 2.75) is 37.9 Å². The Hall–Kier alpha value is -4.21. The summed E-state index contributed by atoms with van der Waals surface area (Å²) in [7, 11) is 0. The van der Waals surface area contributed by atoms with Gasteiger partial charge in [-0.3, -0.25) is 9.59 Å². The lowest BCUT2D eigenvalue weighted by atomic mass is 9.80. The molecule has 3 N–H and O–H groups in total. The van der Waals surface area contributed by atoms with Gasteiger partial charge in [0.15, 0.2) is 0 Å². The molecule has 0 spiro atoms. The van der Waals surface area contributed by atoms with Crippen LogP contribution < -0.4 is 10.6 Å². The van der Waals surface area contributed by atoms with Crippen LogP contribution in [0.4, 0.5) is 4.79 Å². The highest BCUT2D eigenvalue weighted by Gasteiger charge is 2.35. The van der Waals surface area contributed by atoms with Crippen LogP contribution in [-0.4, -0.2) is 50.7 Å². The molecule has 2 aromatic carbocycles. The third-order valence-electron chi connectivity index (χ3n) is 6.50. The molecule has 1 saturated carbocycles. The monoisotopic (exact) mass is 475 g/mol. The fraction of sp³-hybridized carbons (Fsp3) is 0.320. The third kappa shape index (κ3) is 4.86. The van der Waals surface area contributed by atoms with Crippen molar-refractivity contribution in [2.75, 3.05) is 6.61 Å². The van der Waals surface area contributed by atoms with Gasteiger partial charge in [0, 0.05) is 12.0 Å². The average Bonchev–Trinajstić information content (AvgIpc) is 3.40. The maximum absolute atomic E-state index is 12.3. The largest absolute Gasteiger partial charge is 0.481 e. The van der Waals surface area contributed by atoms with Crippen LogP contribution in [0, 0.1) is 5.92 Å². The molecule has 0 atom stereocenters. The first-order valence-corrected chi connectivity index (χ1v) is 11.5. The lowest BCUT2D eigenvalue weighted by Gasteiger charge is -2.32. The van der Waals surface area contributed by atoms with Crippen molar-refractivity contribution in [3.8, 4) is 11.1 Å². The molecule has 10 nitrogen and oxygen atoms in total. The highest BCUT2D eigenvalue weighted by atomic mass is 16.5. The minimum Gasteiger partial charge on any atom is -0.481 e. The number of ether oxygens (including phenoxy) is 1. The highest BCUT2D eigenvalue weighted by Crippen LogP contribution is 2.44. The third-order valence-corrected chi connectivity index (χ3v) is 6.50. The molecule has 1 heterocycles.